The van der Waals surface area contributed by atoms with Crippen LogP contribution in [0.2, 0.25) is 0 Å². The second kappa shape index (κ2) is 4.94. The van der Waals surface area contributed by atoms with Crippen LogP contribution in [0.3, 0.4) is 0 Å². The largest absolute Gasteiger partial charge is 0.406 e. The fourth-order valence-electron chi connectivity index (χ4n) is 2.21. The Bertz CT molecular complexity index is 681. The molecule has 110 valence electrons. The minimum absolute atomic E-state index is 0.00817. The molecule has 2 aromatic rings. The summed E-state index contributed by atoms with van der Waals surface area (Å²) in [6.07, 6.45) is -3.25. The lowest BCUT2D eigenvalue weighted by Crippen LogP contribution is -2.35. The number of rotatable bonds is 3. The van der Waals surface area contributed by atoms with E-state index in [-0.39, 0.29) is 17.9 Å². The predicted octanol–water partition coefficient (Wildman–Crippen LogP) is 3.95. The van der Waals surface area contributed by atoms with Crippen molar-refractivity contribution in [1.82, 2.24) is 4.98 Å². The third-order valence-corrected chi connectivity index (χ3v) is 5.56. The molecule has 0 radical (unpaired) electrons. The smallest absolute Gasteiger partial charge is 0.252 e. The SMILES string of the molecule is O=S(c1cc(-c2ccccc2)ccn1)C1(C(F)(F)F)CC1. The molecule has 1 unspecified atom stereocenters. The number of aromatic nitrogens is 1. The zero-order valence-corrected chi connectivity index (χ0v) is 11.7. The Labute approximate surface area is 122 Å². The van der Waals surface area contributed by atoms with E-state index in [9.17, 15) is 17.4 Å². The molecule has 0 bridgehead atoms. The average Bonchev–Trinajstić information content (AvgIpc) is 3.29. The van der Waals surface area contributed by atoms with Gasteiger partial charge in [0.1, 0.15) is 9.77 Å². The summed E-state index contributed by atoms with van der Waals surface area (Å²) in [6, 6.07) is 12.4. The number of benzene rings is 1. The molecule has 1 aromatic heterocycles. The molecule has 1 aromatic carbocycles. The highest BCUT2D eigenvalue weighted by Crippen LogP contribution is 2.55. The van der Waals surface area contributed by atoms with Crippen LogP contribution in [0.1, 0.15) is 12.8 Å². The second-order valence-corrected chi connectivity index (χ2v) is 6.75. The van der Waals surface area contributed by atoms with E-state index in [4.69, 9.17) is 0 Å². The fourth-order valence-corrected chi connectivity index (χ4v) is 3.68. The van der Waals surface area contributed by atoms with Crippen LogP contribution < -0.4 is 0 Å². The van der Waals surface area contributed by atoms with E-state index < -0.39 is 21.7 Å². The Morgan fingerprint density at radius 1 is 1.05 bits per heavy atom. The van der Waals surface area contributed by atoms with Crippen molar-refractivity contribution >= 4 is 10.8 Å². The third kappa shape index (κ3) is 2.48. The van der Waals surface area contributed by atoms with E-state index in [1.165, 1.54) is 12.3 Å². The summed E-state index contributed by atoms with van der Waals surface area (Å²) in [7, 11) is -2.17. The van der Waals surface area contributed by atoms with Crippen molar-refractivity contribution in [1.29, 1.82) is 0 Å². The predicted molar refractivity (Wildman–Crippen MR) is 74.1 cm³/mol. The van der Waals surface area contributed by atoms with Gasteiger partial charge in [0.05, 0.1) is 10.8 Å². The minimum atomic E-state index is -4.46. The van der Waals surface area contributed by atoms with Gasteiger partial charge in [-0.05, 0) is 36.1 Å². The van der Waals surface area contributed by atoms with Crippen LogP contribution in [0, 0.1) is 0 Å². The molecule has 1 atom stereocenters. The first kappa shape index (κ1) is 14.3. The highest BCUT2D eigenvalue weighted by Gasteiger charge is 2.68. The molecule has 21 heavy (non-hydrogen) atoms. The highest BCUT2D eigenvalue weighted by atomic mass is 32.2. The molecule has 1 aliphatic carbocycles. The van der Waals surface area contributed by atoms with Gasteiger partial charge >= 0.3 is 6.18 Å². The van der Waals surface area contributed by atoms with E-state index >= 15 is 0 Å². The van der Waals surface area contributed by atoms with Crippen molar-refractivity contribution in [3.05, 3.63) is 48.7 Å². The van der Waals surface area contributed by atoms with Crippen molar-refractivity contribution in [2.45, 2.75) is 28.8 Å². The van der Waals surface area contributed by atoms with Gasteiger partial charge in [0.25, 0.3) is 0 Å². The van der Waals surface area contributed by atoms with Gasteiger partial charge in [-0.25, -0.2) is 4.98 Å². The monoisotopic (exact) mass is 311 g/mol. The molecule has 1 heterocycles. The van der Waals surface area contributed by atoms with E-state index in [1.54, 1.807) is 6.07 Å². The van der Waals surface area contributed by atoms with Crippen molar-refractivity contribution in [2.75, 3.05) is 0 Å². The Hall–Kier alpha value is -1.69. The summed E-state index contributed by atoms with van der Waals surface area (Å²) in [5.74, 6) is 0. The van der Waals surface area contributed by atoms with Crippen LogP contribution in [0.15, 0.2) is 53.7 Å². The standard InChI is InChI=1S/C15H12F3NOS/c16-15(17,18)14(7-8-14)21(20)13-10-12(6-9-19-13)11-4-2-1-3-5-11/h1-6,9-10H,7-8H2. The Morgan fingerprint density at radius 2 is 1.71 bits per heavy atom. The zero-order chi connectivity index (χ0) is 15.1. The maximum atomic E-state index is 13.0. The molecule has 0 N–H and O–H groups in total. The molecule has 6 heteroatoms. The van der Waals surface area contributed by atoms with Crippen LogP contribution in [0.5, 0.6) is 0 Å². The first-order chi connectivity index (χ1) is 9.94. The quantitative estimate of drug-likeness (QED) is 0.859. The maximum absolute atomic E-state index is 13.0. The van der Waals surface area contributed by atoms with E-state index in [2.05, 4.69) is 4.98 Å². The van der Waals surface area contributed by atoms with Crippen molar-refractivity contribution < 1.29 is 17.4 Å². The van der Waals surface area contributed by atoms with Gasteiger partial charge in [0.2, 0.25) is 0 Å². The molecule has 0 amide bonds. The Morgan fingerprint density at radius 3 is 2.29 bits per heavy atom. The maximum Gasteiger partial charge on any atom is 0.406 e. The number of alkyl halides is 3. The van der Waals surface area contributed by atoms with E-state index in [1.807, 2.05) is 30.3 Å². The van der Waals surface area contributed by atoms with Gasteiger partial charge in [-0.2, -0.15) is 13.2 Å². The first-order valence-corrected chi connectivity index (χ1v) is 7.59. The van der Waals surface area contributed by atoms with Crippen LogP contribution in [-0.2, 0) is 10.8 Å². The van der Waals surface area contributed by atoms with Gasteiger partial charge < -0.3 is 0 Å². The molecule has 1 aliphatic rings. The van der Waals surface area contributed by atoms with E-state index in [0.717, 1.165) is 5.56 Å². The topological polar surface area (TPSA) is 30.0 Å². The minimum Gasteiger partial charge on any atom is -0.252 e. The molecule has 1 fully saturated rings. The van der Waals surface area contributed by atoms with Crippen LogP contribution in [0.25, 0.3) is 11.1 Å². The number of pyridine rings is 1. The van der Waals surface area contributed by atoms with Gasteiger partial charge in [-0.3, -0.25) is 4.21 Å². The number of hydrogen-bond acceptors (Lipinski definition) is 2. The summed E-state index contributed by atoms with van der Waals surface area (Å²) in [6.45, 7) is 0. The summed E-state index contributed by atoms with van der Waals surface area (Å²) < 4.78 is 49.3. The lowest BCUT2D eigenvalue weighted by molar-refractivity contribution is -0.136. The Kier molecular flexibility index (Phi) is 3.36. The fraction of sp³-hybridized carbons (Fsp3) is 0.267. The number of halogens is 3. The molecule has 3 rings (SSSR count). The lowest BCUT2D eigenvalue weighted by atomic mass is 10.1. The van der Waals surface area contributed by atoms with Crippen LogP contribution in [0.4, 0.5) is 13.2 Å². The van der Waals surface area contributed by atoms with Crippen LogP contribution in [-0.4, -0.2) is 20.1 Å². The lowest BCUT2D eigenvalue weighted by Gasteiger charge is -2.18. The van der Waals surface area contributed by atoms with Crippen LogP contribution >= 0.6 is 0 Å². The van der Waals surface area contributed by atoms with Gasteiger partial charge in [-0.15, -0.1) is 0 Å². The van der Waals surface area contributed by atoms with Crippen molar-refractivity contribution in [3.63, 3.8) is 0 Å². The molecule has 0 saturated heterocycles. The molecular formula is C15H12F3NOS. The summed E-state index contributed by atoms with van der Waals surface area (Å²) >= 11 is 0. The Balaban J connectivity index is 1.96. The molecule has 1 saturated carbocycles. The van der Waals surface area contributed by atoms with E-state index in [0.29, 0.717) is 5.56 Å². The van der Waals surface area contributed by atoms with Crippen molar-refractivity contribution in [2.24, 2.45) is 0 Å². The molecule has 0 aliphatic heterocycles. The first-order valence-electron chi connectivity index (χ1n) is 6.44. The number of hydrogen-bond donors (Lipinski definition) is 0. The molecular weight excluding hydrogens is 299 g/mol. The third-order valence-electron chi connectivity index (χ3n) is 3.61. The number of nitrogens with zero attached hydrogens (tertiary/aromatic N) is 1. The van der Waals surface area contributed by atoms with Gasteiger partial charge in [0.15, 0.2) is 0 Å². The summed E-state index contributed by atoms with van der Waals surface area (Å²) in [5.41, 5.74) is 1.57. The zero-order valence-electron chi connectivity index (χ0n) is 10.9. The average molecular weight is 311 g/mol. The van der Waals surface area contributed by atoms with Gasteiger partial charge in [0, 0.05) is 6.20 Å². The van der Waals surface area contributed by atoms with Gasteiger partial charge in [-0.1, -0.05) is 30.3 Å². The molecule has 2 nitrogen and oxygen atoms in total. The molecule has 0 spiro atoms. The summed E-state index contributed by atoms with van der Waals surface area (Å²) in [4.78, 5) is 3.88. The summed E-state index contributed by atoms with van der Waals surface area (Å²) in [5, 5.41) is -0.00817. The second-order valence-electron chi connectivity index (χ2n) is 5.01. The highest BCUT2D eigenvalue weighted by molar-refractivity contribution is 7.86. The van der Waals surface area contributed by atoms with Crippen molar-refractivity contribution in [3.8, 4) is 11.1 Å². The normalized spacial score (nSPS) is 18.2.